The predicted octanol–water partition coefficient (Wildman–Crippen LogP) is 7.06. The number of allylic oxidation sites excluding steroid dienone is 1. The lowest BCUT2D eigenvalue weighted by Crippen LogP contribution is -2.52. The minimum absolute atomic E-state index is 0.0617. The highest BCUT2D eigenvalue weighted by Crippen LogP contribution is 2.66. The van der Waals surface area contributed by atoms with Crippen LogP contribution in [-0.4, -0.2) is 57.4 Å². The van der Waals surface area contributed by atoms with Crippen molar-refractivity contribution in [3.05, 3.63) is 34.9 Å². The highest BCUT2D eigenvalue weighted by atomic mass is 16.5. The number of benzene rings is 1. The molecule has 0 bridgehead atoms. The summed E-state index contributed by atoms with van der Waals surface area (Å²) in [5, 5.41) is 0. The molecule has 7 atom stereocenters. The smallest absolute Gasteiger partial charge is 0.303 e. The number of hydrogen-bond donors (Lipinski definition) is 0. The number of hydrogen-bond acceptors (Lipinski definition) is 6. The molecule has 1 heterocycles. The predicted molar refractivity (Wildman–Crippen MR) is 161 cm³/mol. The fourth-order valence-corrected chi connectivity index (χ4v) is 9.81. The van der Waals surface area contributed by atoms with Gasteiger partial charge in [-0.2, -0.15) is 0 Å². The molecule has 41 heavy (non-hydrogen) atoms. The van der Waals surface area contributed by atoms with Crippen LogP contribution in [0.15, 0.2) is 29.4 Å². The topological polar surface area (TPSA) is 57.2 Å². The molecule has 1 aromatic rings. The molecule has 4 fully saturated rings. The zero-order chi connectivity index (χ0) is 28.9. The number of carbonyl (C=O) groups is 1. The van der Waals surface area contributed by atoms with Crippen LogP contribution in [0.4, 0.5) is 0 Å². The number of carbonyl (C=O) groups excluding carboxylic acids is 1. The molecule has 0 spiro atoms. The van der Waals surface area contributed by atoms with Crippen molar-refractivity contribution >= 4 is 12.0 Å². The Hall–Kier alpha value is -2.47. The highest BCUT2D eigenvalue weighted by molar-refractivity contribution is 5.68. The largest absolute Gasteiger partial charge is 0.493 e. The minimum atomic E-state index is -0.214. The molecule has 0 unspecified atom stereocenters. The van der Waals surface area contributed by atoms with E-state index in [4.69, 9.17) is 18.9 Å². The Morgan fingerprint density at radius 3 is 2.29 bits per heavy atom. The SMILES string of the molecule is COc1cc(C=C2C[C@H]3[C@@H]4CC=C5C[C@@H](N6CCCC6)CC[C@]5(C)[C@H]4CC[C@]3(C)[C@H]2OC(C)=O)cc(OC)c1OC. The normalized spacial score (nSPS) is 37.6. The summed E-state index contributed by atoms with van der Waals surface area (Å²) >= 11 is 0. The van der Waals surface area contributed by atoms with Crippen LogP contribution < -0.4 is 14.2 Å². The number of nitrogens with zero attached hydrogens (tertiary/aromatic N) is 1. The van der Waals surface area contributed by atoms with E-state index in [1.54, 1.807) is 33.8 Å². The van der Waals surface area contributed by atoms with Crippen LogP contribution in [-0.2, 0) is 9.53 Å². The third-order valence-electron chi connectivity index (χ3n) is 11.9. The van der Waals surface area contributed by atoms with Gasteiger partial charge in [0.2, 0.25) is 5.75 Å². The number of likely N-dealkylation sites (tertiary alicyclic amines) is 1. The molecule has 1 aliphatic heterocycles. The second kappa shape index (κ2) is 11.0. The zero-order valence-corrected chi connectivity index (χ0v) is 26.0. The van der Waals surface area contributed by atoms with Gasteiger partial charge in [-0.25, -0.2) is 0 Å². The second-order valence-corrected chi connectivity index (χ2v) is 13.8. The van der Waals surface area contributed by atoms with Crippen LogP contribution >= 0.6 is 0 Å². The van der Waals surface area contributed by atoms with E-state index in [0.717, 1.165) is 30.9 Å². The first-order chi connectivity index (χ1) is 19.7. The van der Waals surface area contributed by atoms with Gasteiger partial charge in [0.1, 0.15) is 6.10 Å². The van der Waals surface area contributed by atoms with Crippen molar-refractivity contribution in [2.75, 3.05) is 34.4 Å². The lowest BCUT2D eigenvalue weighted by molar-refractivity contribution is -0.154. The Labute approximate surface area is 246 Å². The Morgan fingerprint density at radius 1 is 0.951 bits per heavy atom. The Bertz CT molecular complexity index is 1210. The van der Waals surface area contributed by atoms with Gasteiger partial charge in [0, 0.05) is 18.4 Å². The maximum atomic E-state index is 12.4. The molecule has 6 rings (SSSR count). The third kappa shape index (κ3) is 4.78. The van der Waals surface area contributed by atoms with E-state index < -0.39 is 0 Å². The summed E-state index contributed by atoms with van der Waals surface area (Å²) in [6.07, 6.45) is 15.7. The van der Waals surface area contributed by atoms with Crippen molar-refractivity contribution in [3.8, 4) is 17.2 Å². The fraction of sp³-hybridized carbons (Fsp3) is 0.686. The zero-order valence-electron chi connectivity index (χ0n) is 26.0. The summed E-state index contributed by atoms with van der Waals surface area (Å²) in [4.78, 5) is 15.2. The van der Waals surface area contributed by atoms with Crippen molar-refractivity contribution in [1.29, 1.82) is 0 Å². The molecule has 0 amide bonds. The van der Waals surface area contributed by atoms with Crippen molar-refractivity contribution in [1.82, 2.24) is 4.90 Å². The molecule has 6 nitrogen and oxygen atoms in total. The quantitative estimate of drug-likeness (QED) is 0.273. The van der Waals surface area contributed by atoms with Gasteiger partial charge in [0.25, 0.3) is 0 Å². The monoisotopic (exact) mass is 563 g/mol. The summed E-state index contributed by atoms with van der Waals surface area (Å²) in [5.74, 6) is 3.46. The van der Waals surface area contributed by atoms with Crippen LogP contribution in [0.1, 0.15) is 84.1 Å². The van der Waals surface area contributed by atoms with Crippen LogP contribution in [0, 0.1) is 28.6 Å². The summed E-state index contributed by atoms with van der Waals surface area (Å²) in [7, 11) is 4.91. The molecule has 4 aliphatic carbocycles. The molecule has 0 radical (unpaired) electrons. The molecule has 1 aromatic carbocycles. The van der Waals surface area contributed by atoms with Gasteiger partial charge in [0.15, 0.2) is 11.5 Å². The number of esters is 1. The molecular weight excluding hydrogens is 514 g/mol. The van der Waals surface area contributed by atoms with Gasteiger partial charge in [-0.05, 0) is 117 Å². The van der Waals surface area contributed by atoms with Crippen molar-refractivity contribution in [2.24, 2.45) is 28.6 Å². The molecule has 3 saturated carbocycles. The van der Waals surface area contributed by atoms with Gasteiger partial charge in [0.05, 0.1) is 21.3 Å². The molecule has 6 heteroatoms. The van der Waals surface area contributed by atoms with Crippen molar-refractivity contribution in [3.63, 3.8) is 0 Å². The maximum Gasteiger partial charge on any atom is 0.303 e. The van der Waals surface area contributed by atoms with E-state index in [-0.39, 0.29) is 17.5 Å². The van der Waals surface area contributed by atoms with Crippen molar-refractivity contribution < 1.29 is 23.7 Å². The Kier molecular flexibility index (Phi) is 7.67. The van der Waals surface area contributed by atoms with Crippen LogP contribution in [0.5, 0.6) is 17.2 Å². The fourth-order valence-electron chi connectivity index (χ4n) is 9.81. The highest BCUT2D eigenvalue weighted by Gasteiger charge is 2.61. The van der Waals surface area contributed by atoms with E-state index in [0.29, 0.717) is 40.4 Å². The first-order valence-corrected chi connectivity index (χ1v) is 15.8. The average molecular weight is 564 g/mol. The van der Waals surface area contributed by atoms with Crippen LogP contribution in [0.25, 0.3) is 6.08 Å². The first-order valence-electron chi connectivity index (χ1n) is 15.8. The van der Waals surface area contributed by atoms with Gasteiger partial charge < -0.3 is 23.8 Å². The van der Waals surface area contributed by atoms with Crippen molar-refractivity contribution in [2.45, 2.75) is 90.7 Å². The lowest BCUT2D eigenvalue weighted by Gasteiger charge is -2.58. The second-order valence-electron chi connectivity index (χ2n) is 13.8. The molecule has 224 valence electrons. The molecular formula is C35H49NO5. The standard InChI is InChI=1S/C35H49NO5/c1-22(37)41-33-24(17-23-18-30(38-4)32(40-6)31(19-23)39-5)20-29-27-10-9-25-21-26(36-15-7-8-16-36)11-13-34(25,2)28(27)12-14-35(29,33)3/h9,17-19,26-29,33H,7-8,10-16,20-21H2,1-6H3/t26-,27+,28-,29-,33-,34-,35-/m0/s1. The van der Waals surface area contributed by atoms with Gasteiger partial charge in [-0.15, -0.1) is 0 Å². The summed E-state index contributed by atoms with van der Waals surface area (Å²) in [6.45, 7) is 9.11. The third-order valence-corrected chi connectivity index (χ3v) is 11.9. The van der Waals surface area contributed by atoms with E-state index >= 15 is 0 Å². The van der Waals surface area contributed by atoms with Gasteiger partial charge >= 0.3 is 5.97 Å². The lowest BCUT2D eigenvalue weighted by atomic mass is 9.48. The minimum Gasteiger partial charge on any atom is -0.493 e. The average Bonchev–Trinajstić information content (AvgIpc) is 3.59. The molecule has 0 aromatic heterocycles. The summed E-state index contributed by atoms with van der Waals surface area (Å²) in [6, 6.07) is 4.72. The maximum absolute atomic E-state index is 12.4. The van der Waals surface area contributed by atoms with Crippen LogP contribution in [0.2, 0.25) is 0 Å². The first kappa shape index (κ1) is 28.6. The van der Waals surface area contributed by atoms with E-state index in [1.165, 1.54) is 57.2 Å². The number of rotatable bonds is 6. The van der Waals surface area contributed by atoms with Gasteiger partial charge in [-0.1, -0.05) is 31.6 Å². The van der Waals surface area contributed by atoms with Crippen LogP contribution in [0.3, 0.4) is 0 Å². The molecule has 1 saturated heterocycles. The number of methoxy groups -OCH3 is 3. The van der Waals surface area contributed by atoms with Gasteiger partial charge in [-0.3, -0.25) is 4.79 Å². The van der Waals surface area contributed by atoms with E-state index in [9.17, 15) is 4.79 Å². The van der Waals surface area contributed by atoms with E-state index in [2.05, 4.69) is 30.9 Å². The Balaban J connectivity index is 1.32. The van der Waals surface area contributed by atoms with E-state index in [1.807, 2.05) is 12.1 Å². The molecule has 0 N–H and O–H groups in total. The summed E-state index contributed by atoms with van der Waals surface area (Å²) < 4.78 is 23.0. The summed E-state index contributed by atoms with van der Waals surface area (Å²) in [5.41, 5.74) is 4.17. The molecule has 5 aliphatic rings. The number of fused-ring (bicyclic) bond motifs is 5. The Morgan fingerprint density at radius 2 is 1.66 bits per heavy atom. The number of ether oxygens (including phenoxy) is 4.